The minimum Gasteiger partial charge on any atom is -0.309 e. The van der Waals surface area contributed by atoms with Crippen molar-refractivity contribution in [2.75, 3.05) is 0 Å². The van der Waals surface area contributed by atoms with E-state index >= 15 is 0 Å². The second kappa shape index (κ2) is 15.0. The summed E-state index contributed by atoms with van der Waals surface area (Å²) in [4.78, 5) is 0. The van der Waals surface area contributed by atoms with Gasteiger partial charge in [-0.1, -0.05) is 146 Å². The fourth-order valence-electron chi connectivity index (χ4n) is 9.72. The Hall–Kier alpha value is -7.94. The van der Waals surface area contributed by atoms with Crippen molar-refractivity contribution in [1.29, 1.82) is 0 Å². The van der Waals surface area contributed by atoms with Gasteiger partial charge in [-0.15, -0.1) is 0 Å². The summed E-state index contributed by atoms with van der Waals surface area (Å²) in [7, 11) is 0. The summed E-state index contributed by atoms with van der Waals surface area (Å²) in [5.41, 5.74) is 19.3. The Morgan fingerprint density at radius 3 is 1.00 bits per heavy atom. The monoisotopic (exact) mass is 790 g/mol. The van der Waals surface area contributed by atoms with E-state index in [2.05, 4.69) is 240 Å². The first kappa shape index (κ1) is 36.0. The second-order valence-electron chi connectivity index (χ2n) is 16.4. The van der Waals surface area contributed by atoms with E-state index in [0.717, 1.165) is 24.2 Å². The molecule has 11 aromatic rings. The molecule has 9 aromatic carbocycles. The maximum Gasteiger partial charge on any atom is 0.0541 e. The number of allylic oxidation sites excluding steroid dienone is 4. The van der Waals surface area contributed by atoms with Crippen molar-refractivity contribution >= 4 is 49.2 Å². The van der Waals surface area contributed by atoms with Gasteiger partial charge in [0.15, 0.2) is 0 Å². The molecule has 0 amide bonds. The van der Waals surface area contributed by atoms with Crippen molar-refractivity contribution < 1.29 is 0 Å². The van der Waals surface area contributed by atoms with Crippen molar-refractivity contribution in [3.05, 3.63) is 236 Å². The number of hydrogen-bond acceptors (Lipinski definition) is 0. The molecule has 0 atom stereocenters. The third-order valence-electron chi connectivity index (χ3n) is 12.7. The van der Waals surface area contributed by atoms with E-state index < -0.39 is 0 Å². The molecule has 2 heteroatoms. The smallest absolute Gasteiger partial charge is 0.0541 e. The molecule has 12 rings (SSSR count). The lowest BCUT2D eigenvalue weighted by molar-refractivity contribution is 1.04. The molecule has 2 heterocycles. The molecule has 0 fully saturated rings. The molecule has 0 aliphatic heterocycles. The van der Waals surface area contributed by atoms with E-state index in [1.54, 1.807) is 0 Å². The minimum atomic E-state index is 1.05. The van der Waals surface area contributed by atoms with E-state index in [9.17, 15) is 0 Å². The van der Waals surface area contributed by atoms with Crippen LogP contribution in [0.4, 0.5) is 0 Å². The molecule has 2 nitrogen and oxygen atoms in total. The van der Waals surface area contributed by atoms with Crippen molar-refractivity contribution in [2.45, 2.75) is 12.8 Å². The Balaban J connectivity index is 0.982. The average Bonchev–Trinajstić information content (AvgIpc) is 3.87. The number of benzene rings is 9. The van der Waals surface area contributed by atoms with Gasteiger partial charge in [0.2, 0.25) is 0 Å². The maximum atomic E-state index is 2.39. The highest BCUT2D eigenvalue weighted by Crippen LogP contribution is 2.39. The second-order valence-corrected chi connectivity index (χ2v) is 16.4. The molecule has 2 aromatic heterocycles. The van der Waals surface area contributed by atoms with Gasteiger partial charge in [0.25, 0.3) is 0 Å². The van der Waals surface area contributed by atoms with E-state index in [1.165, 1.54) is 99.3 Å². The Morgan fingerprint density at radius 1 is 0.274 bits per heavy atom. The molecule has 292 valence electrons. The van der Waals surface area contributed by atoms with Crippen LogP contribution in [0.1, 0.15) is 18.4 Å². The minimum absolute atomic E-state index is 1.05. The number of hydrogen-bond donors (Lipinski definition) is 0. The quantitative estimate of drug-likeness (QED) is 0.152. The van der Waals surface area contributed by atoms with Crippen LogP contribution in [0.3, 0.4) is 0 Å². The van der Waals surface area contributed by atoms with Crippen LogP contribution in [0.15, 0.2) is 231 Å². The molecule has 0 N–H and O–H groups in total. The number of fused-ring (bicyclic) bond motifs is 6. The normalized spacial score (nSPS) is 12.7. The lowest BCUT2D eigenvalue weighted by atomic mass is 9.89. The standard InChI is InChI=1S/C60H42N2/c1-3-15-41(16-4-1)45-35-47(43-27-31-51(32-28-43)61-57-23-11-7-19-53(57)54-20-8-12-24-58(54)61)39-49(37-45)50-38-46(42-17-5-2-6-18-42)36-48(40-50)44-29-33-52(34-30-44)62-59-25-13-9-21-55(59)56-22-10-14-26-60(56)62/h1,3-5,7-40H,2,6H2. The molecular weight excluding hydrogens is 749 g/mol. The molecule has 62 heavy (non-hydrogen) atoms. The van der Waals surface area contributed by atoms with Gasteiger partial charge in [0.1, 0.15) is 0 Å². The summed E-state index contributed by atoms with van der Waals surface area (Å²) in [6, 6.07) is 78.1. The maximum absolute atomic E-state index is 2.39. The van der Waals surface area contributed by atoms with Crippen molar-refractivity contribution in [3.63, 3.8) is 0 Å². The largest absolute Gasteiger partial charge is 0.309 e. The van der Waals surface area contributed by atoms with E-state index in [4.69, 9.17) is 0 Å². The Kier molecular flexibility index (Phi) is 8.67. The molecular formula is C60H42N2. The highest BCUT2D eigenvalue weighted by atomic mass is 15.0. The van der Waals surface area contributed by atoms with Gasteiger partial charge in [-0.25, -0.2) is 0 Å². The van der Waals surface area contributed by atoms with E-state index in [1.807, 2.05) is 0 Å². The SMILES string of the molecule is C1=CC(c2cc(-c3ccc(-n4c5ccccc5c5ccccc54)cc3)cc(-c3cc(-c4ccccc4)cc(-c4ccc(-n5c6ccccc6c6ccccc65)cc4)c3)c2)=CCC1. The summed E-state index contributed by atoms with van der Waals surface area (Å²) >= 11 is 0. The van der Waals surface area contributed by atoms with Gasteiger partial charge < -0.3 is 9.13 Å². The zero-order valence-corrected chi connectivity index (χ0v) is 34.2. The predicted octanol–water partition coefficient (Wildman–Crippen LogP) is 16.3. The summed E-state index contributed by atoms with van der Waals surface area (Å²) in [6.07, 6.45) is 9.12. The lowest BCUT2D eigenvalue weighted by Gasteiger charge is -2.16. The molecule has 0 bridgehead atoms. The summed E-state index contributed by atoms with van der Waals surface area (Å²) in [5.74, 6) is 0. The summed E-state index contributed by atoms with van der Waals surface area (Å²) < 4.78 is 4.77. The van der Waals surface area contributed by atoms with Crippen molar-refractivity contribution in [2.24, 2.45) is 0 Å². The first-order valence-electron chi connectivity index (χ1n) is 21.6. The zero-order valence-electron chi connectivity index (χ0n) is 34.2. The number of para-hydroxylation sites is 4. The van der Waals surface area contributed by atoms with Gasteiger partial charge in [0, 0.05) is 32.9 Å². The molecule has 0 unspecified atom stereocenters. The molecule has 0 saturated carbocycles. The number of rotatable bonds is 7. The zero-order chi connectivity index (χ0) is 41.0. The molecule has 1 aliphatic carbocycles. The van der Waals surface area contributed by atoms with Crippen molar-refractivity contribution in [3.8, 4) is 55.9 Å². The van der Waals surface area contributed by atoms with E-state index in [0.29, 0.717) is 0 Å². The van der Waals surface area contributed by atoms with Crippen LogP contribution >= 0.6 is 0 Å². The lowest BCUT2D eigenvalue weighted by Crippen LogP contribution is -1.94. The van der Waals surface area contributed by atoms with Crippen LogP contribution in [0.2, 0.25) is 0 Å². The van der Waals surface area contributed by atoms with Gasteiger partial charge in [-0.05, 0) is 153 Å². The molecule has 0 radical (unpaired) electrons. The van der Waals surface area contributed by atoms with Crippen LogP contribution in [0.25, 0.3) is 105 Å². The Morgan fingerprint density at radius 2 is 0.613 bits per heavy atom. The first-order valence-corrected chi connectivity index (χ1v) is 21.6. The highest BCUT2D eigenvalue weighted by Gasteiger charge is 2.16. The fraction of sp³-hybridized carbons (Fsp3) is 0.0333. The van der Waals surface area contributed by atoms with Gasteiger partial charge in [-0.3, -0.25) is 0 Å². The third-order valence-corrected chi connectivity index (χ3v) is 12.7. The van der Waals surface area contributed by atoms with Crippen LogP contribution in [0.5, 0.6) is 0 Å². The Bertz CT molecular complexity index is 3430. The van der Waals surface area contributed by atoms with Gasteiger partial charge in [0.05, 0.1) is 22.1 Å². The predicted molar refractivity (Wildman–Crippen MR) is 263 cm³/mol. The third kappa shape index (κ3) is 6.19. The Labute approximate surface area is 361 Å². The fourth-order valence-corrected chi connectivity index (χ4v) is 9.72. The van der Waals surface area contributed by atoms with Gasteiger partial charge >= 0.3 is 0 Å². The van der Waals surface area contributed by atoms with Crippen LogP contribution in [-0.2, 0) is 0 Å². The van der Waals surface area contributed by atoms with Crippen LogP contribution < -0.4 is 0 Å². The first-order chi connectivity index (χ1) is 30.7. The highest BCUT2D eigenvalue weighted by molar-refractivity contribution is 6.10. The molecule has 0 spiro atoms. The van der Waals surface area contributed by atoms with Crippen molar-refractivity contribution in [1.82, 2.24) is 9.13 Å². The topological polar surface area (TPSA) is 9.86 Å². The van der Waals surface area contributed by atoms with Crippen LogP contribution in [0, 0.1) is 0 Å². The summed E-state index contributed by atoms with van der Waals surface area (Å²) in [6.45, 7) is 0. The molecule has 1 aliphatic rings. The van der Waals surface area contributed by atoms with Crippen LogP contribution in [-0.4, -0.2) is 9.13 Å². The molecule has 0 saturated heterocycles. The number of aromatic nitrogens is 2. The van der Waals surface area contributed by atoms with E-state index in [-0.39, 0.29) is 0 Å². The van der Waals surface area contributed by atoms with Gasteiger partial charge in [-0.2, -0.15) is 0 Å². The summed E-state index contributed by atoms with van der Waals surface area (Å²) in [5, 5.41) is 5.09. The average molecular weight is 791 g/mol. The number of nitrogens with zero attached hydrogens (tertiary/aromatic N) is 2.